The molecule has 0 aliphatic heterocycles. The molecule has 0 radical (unpaired) electrons. The Labute approximate surface area is 331 Å². The molecular formula is C56H44. The van der Waals surface area contributed by atoms with E-state index < -0.39 is 0 Å². The van der Waals surface area contributed by atoms with Gasteiger partial charge >= 0.3 is 0 Å². The van der Waals surface area contributed by atoms with Crippen LogP contribution in [0.15, 0.2) is 194 Å². The normalized spacial score (nSPS) is 11.2. The average Bonchev–Trinajstić information content (AvgIpc) is 3.25. The molecule has 0 N–H and O–H groups in total. The molecule has 0 saturated carbocycles. The summed E-state index contributed by atoms with van der Waals surface area (Å²) in [6.07, 6.45) is 13.6. The van der Waals surface area contributed by atoms with E-state index in [1.165, 1.54) is 88.7 Å². The van der Waals surface area contributed by atoms with Gasteiger partial charge in [-0.25, -0.2) is 0 Å². The van der Waals surface area contributed by atoms with Gasteiger partial charge in [-0.3, -0.25) is 0 Å². The van der Waals surface area contributed by atoms with Crippen molar-refractivity contribution in [2.45, 2.75) is 13.8 Å². The second-order valence-corrected chi connectivity index (χ2v) is 14.3. The lowest BCUT2D eigenvalue weighted by Gasteiger charge is -2.11. The van der Waals surface area contributed by atoms with Gasteiger partial charge in [0.2, 0.25) is 0 Å². The van der Waals surface area contributed by atoms with Crippen molar-refractivity contribution in [1.82, 2.24) is 0 Å². The Morgan fingerprint density at radius 2 is 0.607 bits per heavy atom. The first-order valence-corrected chi connectivity index (χ1v) is 19.3. The van der Waals surface area contributed by atoms with Crippen molar-refractivity contribution in [3.8, 4) is 0 Å². The third kappa shape index (κ3) is 8.36. The summed E-state index contributed by atoms with van der Waals surface area (Å²) in [5, 5.41) is 2.48. The van der Waals surface area contributed by atoms with E-state index in [9.17, 15) is 0 Å². The predicted octanol–water partition coefficient (Wildman–Crippen LogP) is 15.0. The second kappa shape index (κ2) is 17.0. The van der Waals surface area contributed by atoms with E-state index in [1.807, 2.05) is 0 Å². The smallest absolute Gasteiger partial charge is 0.0105 e. The van der Waals surface area contributed by atoms with Crippen LogP contribution in [-0.4, -0.2) is 0 Å². The minimum absolute atomic E-state index is 1.18. The highest BCUT2D eigenvalue weighted by molar-refractivity contribution is 5.99. The first kappa shape index (κ1) is 36.0. The summed E-state index contributed by atoms with van der Waals surface area (Å²) in [7, 11) is 0. The Morgan fingerprint density at radius 3 is 0.929 bits per heavy atom. The molecule has 56 heavy (non-hydrogen) atoms. The quantitative estimate of drug-likeness (QED) is 0.124. The minimum Gasteiger partial charge on any atom is -0.0622 e. The molecule has 0 amide bonds. The van der Waals surface area contributed by atoms with Crippen LogP contribution in [0.5, 0.6) is 0 Å². The van der Waals surface area contributed by atoms with E-state index >= 15 is 0 Å². The van der Waals surface area contributed by atoms with Gasteiger partial charge in [0.25, 0.3) is 0 Å². The molecule has 0 spiro atoms. The van der Waals surface area contributed by atoms with E-state index in [-0.39, 0.29) is 0 Å². The fourth-order valence-corrected chi connectivity index (χ4v) is 7.39. The van der Waals surface area contributed by atoms with Crippen molar-refractivity contribution in [1.29, 1.82) is 0 Å². The van der Waals surface area contributed by atoms with Crippen LogP contribution < -0.4 is 0 Å². The van der Waals surface area contributed by atoms with Gasteiger partial charge in [-0.1, -0.05) is 218 Å². The monoisotopic (exact) mass is 716 g/mol. The van der Waals surface area contributed by atoms with Gasteiger partial charge in [-0.05, 0) is 115 Å². The summed E-state index contributed by atoms with van der Waals surface area (Å²) in [6, 6.07) is 69.2. The molecule has 0 bridgehead atoms. The molecule has 0 nitrogen and oxygen atoms in total. The number of aryl methyl sites for hydroxylation is 2. The zero-order valence-corrected chi connectivity index (χ0v) is 31.9. The number of rotatable bonds is 10. The first-order valence-electron chi connectivity index (χ1n) is 19.3. The van der Waals surface area contributed by atoms with Crippen LogP contribution in [0.4, 0.5) is 0 Å². The number of benzene rings is 8. The fourth-order valence-electron chi connectivity index (χ4n) is 7.39. The summed E-state index contributed by atoms with van der Waals surface area (Å²) >= 11 is 0. The molecule has 0 fully saturated rings. The highest BCUT2D eigenvalue weighted by Crippen LogP contribution is 2.31. The first-order chi connectivity index (χ1) is 27.6. The van der Waals surface area contributed by atoms with Crippen LogP contribution in [0.25, 0.3) is 58.4 Å². The Kier molecular flexibility index (Phi) is 10.9. The summed E-state index contributed by atoms with van der Waals surface area (Å²) in [5.41, 5.74) is 17.0. The summed E-state index contributed by atoms with van der Waals surface area (Å²) in [5.74, 6) is 0. The zero-order chi connectivity index (χ0) is 38.1. The lowest BCUT2D eigenvalue weighted by molar-refractivity contribution is 1.43. The topological polar surface area (TPSA) is 0 Å². The molecule has 0 saturated heterocycles. The Balaban J connectivity index is 1.03. The van der Waals surface area contributed by atoms with E-state index in [0.29, 0.717) is 0 Å². The molecule has 8 aromatic rings. The van der Waals surface area contributed by atoms with Gasteiger partial charge in [-0.15, -0.1) is 0 Å². The number of fused-ring (bicyclic) bond motifs is 1. The Bertz CT molecular complexity index is 2440. The van der Waals surface area contributed by atoms with Crippen LogP contribution >= 0.6 is 0 Å². The molecule has 0 unspecified atom stereocenters. The number of hydrogen-bond acceptors (Lipinski definition) is 0. The summed E-state index contributed by atoms with van der Waals surface area (Å²) < 4.78 is 0. The van der Waals surface area contributed by atoms with E-state index in [2.05, 4.69) is 244 Å². The van der Waals surface area contributed by atoms with Crippen molar-refractivity contribution in [2.75, 3.05) is 0 Å². The van der Waals surface area contributed by atoms with Crippen LogP contribution in [0.3, 0.4) is 0 Å². The van der Waals surface area contributed by atoms with E-state index in [1.54, 1.807) is 0 Å². The van der Waals surface area contributed by atoms with Gasteiger partial charge in [-0.2, -0.15) is 0 Å². The van der Waals surface area contributed by atoms with Crippen molar-refractivity contribution < 1.29 is 0 Å². The van der Waals surface area contributed by atoms with E-state index in [4.69, 9.17) is 0 Å². The molecule has 0 heteroatoms. The molecule has 0 aliphatic carbocycles. The highest BCUT2D eigenvalue weighted by Gasteiger charge is 2.09. The third-order valence-corrected chi connectivity index (χ3v) is 10.4. The summed E-state index contributed by atoms with van der Waals surface area (Å²) in [4.78, 5) is 0. The maximum Gasteiger partial charge on any atom is -0.0105 e. The van der Waals surface area contributed by atoms with Crippen molar-refractivity contribution in [2.24, 2.45) is 0 Å². The second-order valence-electron chi connectivity index (χ2n) is 14.3. The lowest BCUT2D eigenvalue weighted by Crippen LogP contribution is -1.90. The molecule has 268 valence electrons. The highest BCUT2D eigenvalue weighted by atomic mass is 14.1. The zero-order valence-electron chi connectivity index (χ0n) is 31.9. The molecule has 0 heterocycles. The van der Waals surface area contributed by atoms with Crippen molar-refractivity contribution in [3.05, 3.63) is 261 Å². The van der Waals surface area contributed by atoms with Gasteiger partial charge in [0.05, 0.1) is 0 Å². The Morgan fingerprint density at radius 1 is 0.304 bits per heavy atom. The van der Waals surface area contributed by atoms with E-state index in [0.717, 1.165) is 0 Å². The predicted molar refractivity (Wildman–Crippen MR) is 244 cm³/mol. The van der Waals surface area contributed by atoms with Gasteiger partial charge in [0.1, 0.15) is 0 Å². The number of hydrogen-bond donors (Lipinski definition) is 0. The van der Waals surface area contributed by atoms with Crippen LogP contribution in [0.2, 0.25) is 0 Å². The van der Waals surface area contributed by atoms with Crippen molar-refractivity contribution >= 4 is 58.4 Å². The fraction of sp³-hybridized carbons (Fsp3) is 0.0357. The van der Waals surface area contributed by atoms with Gasteiger partial charge in [0.15, 0.2) is 0 Å². The molecule has 8 rings (SSSR count). The summed E-state index contributed by atoms with van der Waals surface area (Å²) in [6.45, 7) is 4.40. The maximum atomic E-state index is 2.31. The SMILES string of the molecule is Cc1cc(/C=C\c2ccc(/C=C\c3ccc(C=C(c4ccccc4)c4ccccc4)c(C)c3)c3ccccc23)ccc1C=C(c1ccccc1)c1ccccc1. The Hall–Kier alpha value is -7.02. The standard InChI is InChI=1S/C56H44/c1-41-37-43(29-33-51(41)39-55(45-17-7-3-8-18-45)46-19-9-4-10-20-46)27-31-49-35-36-50(54-26-16-15-25-53(49)54)32-28-44-30-34-52(42(2)38-44)40-56(47-21-11-5-12-22-47)48-23-13-6-14-24-48/h3-40H,1-2H3/b31-27-,32-28-. The molecule has 0 atom stereocenters. The maximum absolute atomic E-state index is 2.31. The largest absolute Gasteiger partial charge is 0.0622 e. The average molecular weight is 717 g/mol. The van der Waals surface area contributed by atoms with Crippen LogP contribution in [-0.2, 0) is 0 Å². The third-order valence-electron chi connectivity index (χ3n) is 10.4. The molecule has 0 aromatic heterocycles. The van der Waals surface area contributed by atoms with Gasteiger partial charge in [0, 0.05) is 0 Å². The minimum atomic E-state index is 1.18. The van der Waals surface area contributed by atoms with Crippen molar-refractivity contribution in [3.63, 3.8) is 0 Å². The lowest BCUT2D eigenvalue weighted by atomic mass is 9.93. The van der Waals surface area contributed by atoms with Gasteiger partial charge < -0.3 is 0 Å². The van der Waals surface area contributed by atoms with Crippen LogP contribution in [0, 0.1) is 13.8 Å². The molecule has 8 aromatic carbocycles. The molecule has 0 aliphatic rings. The molecular weight excluding hydrogens is 673 g/mol. The van der Waals surface area contributed by atoms with Crippen LogP contribution in [0.1, 0.15) is 66.8 Å².